The molecule has 1 aliphatic rings. The van der Waals surface area contributed by atoms with Gasteiger partial charge in [-0.1, -0.05) is 24.3 Å². The fourth-order valence-electron chi connectivity index (χ4n) is 2.17. The summed E-state index contributed by atoms with van der Waals surface area (Å²) in [6.45, 7) is 0.713. The Morgan fingerprint density at radius 2 is 1.65 bits per heavy atom. The molecule has 1 aliphatic heterocycles. The minimum Gasteiger partial charge on any atom is -0.395 e. The van der Waals surface area contributed by atoms with E-state index in [2.05, 4.69) is 12.1 Å². The molecule has 0 fully saturated rings. The number of rotatable bonds is 3. The van der Waals surface area contributed by atoms with E-state index < -0.39 is 10.0 Å². The van der Waals surface area contributed by atoms with Gasteiger partial charge >= 0.3 is 0 Å². The van der Waals surface area contributed by atoms with Gasteiger partial charge in [-0.05, 0) is 24.0 Å². The molecule has 0 spiro atoms. The SMILES string of the molecule is O=S(=O)(CCO)N1CCc2ccccc2CC1. The van der Waals surface area contributed by atoms with Gasteiger partial charge in [-0.15, -0.1) is 0 Å². The Bertz CT molecular complexity index is 457. The number of nitrogens with zero attached hydrogens (tertiary/aromatic N) is 1. The molecule has 5 heteroatoms. The monoisotopic (exact) mass is 255 g/mol. The van der Waals surface area contributed by atoms with Gasteiger partial charge in [0.05, 0.1) is 12.4 Å². The Balaban J connectivity index is 2.14. The molecule has 0 saturated heterocycles. The molecule has 4 nitrogen and oxygen atoms in total. The van der Waals surface area contributed by atoms with Gasteiger partial charge in [0.25, 0.3) is 0 Å². The first kappa shape index (κ1) is 12.5. The highest BCUT2D eigenvalue weighted by atomic mass is 32.2. The van der Waals surface area contributed by atoms with Crippen molar-refractivity contribution in [1.82, 2.24) is 4.31 Å². The predicted octanol–water partition coefficient (Wildman–Crippen LogP) is 0.409. The van der Waals surface area contributed by atoms with E-state index in [1.54, 1.807) is 0 Å². The maximum Gasteiger partial charge on any atom is 0.216 e. The Hall–Kier alpha value is -0.910. The average Bonchev–Trinajstić information content (AvgIpc) is 2.51. The van der Waals surface area contributed by atoms with E-state index in [0.717, 1.165) is 12.8 Å². The highest BCUT2D eigenvalue weighted by molar-refractivity contribution is 7.89. The average molecular weight is 255 g/mol. The number of sulfonamides is 1. The molecule has 0 aliphatic carbocycles. The van der Waals surface area contributed by atoms with Crippen LogP contribution in [-0.4, -0.2) is 43.3 Å². The first-order chi connectivity index (χ1) is 8.13. The molecule has 0 aromatic heterocycles. The topological polar surface area (TPSA) is 57.6 Å². The Morgan fingerprint density at radius 1 is 1.12 bits per heavy atom. The summed E-state index contributed by atoms with van der Waals surface area (Å²) < 4.78 is 25.2. The zero-order chi connectivity index (χ0) is 12.3. The van der Waals surface area contributed by atoms with Crippen LogP contribution < -0.4 is 0 Å². The van der Waals surface area contributed by atoms with E-state index in [9.17, 15) is 8.42 Å². The molecule has 94 valence electrons. The van der Waals surface area contributed by atoms with Crippen LogP contribution in [0.3, 0.4) is 0 Å². The van der Waals surface area contributed by atoms with E-state index in [-0.39, 0.29) is 12.4 Å². The number of fused-ring (bicyclic) bond motifs is 1. The molecule has 1 aromatic rings. The molecule has 0 saturated carbocycles. The van der Waals surface area contributed by atoms with Crippen molar-refractivity contribution in [3.63, 3.8) is 0 Å². The van der Waals surface area contributed by atoms with Crippen molar-refractivity contribution in [2.45, 2.75) is 12.8 Å². The van der Waals surface area contributed by atoms with Crippen molar-refractivity contribution in [3.05, 3.63) is 35.4 Å². The fraction of sp³-hybridized carbons (Fsp3) is 0.500. The molecular formula is C12H17NO3S. The van der Waals surface area contributed by atoms with E-state index in [0.29, 0.717) is 13.1 Å². The summed E-state index contributed by atoms with van der Waals surface area (Å²) in [5.74, 6) is -0.177. The van der Waals surface area contributed by atoms with Crippen LogP contribution in [0.15, 0.2) is 24.3 Å². The van der Waals surface area contributed by atoms with Crippen LogP contribution in [0, 0.1) is 0 Å². The van der Waals surface area contributed by atoms with Crippen molar-refractivity contribution < 1.29 is 13.5 Å². The van der Waals surface area contributed by atoms with Crippen LogP contribution in [0.1, 0.15) is 11.1 Å². The smallest absolute Gasteiger partial charge is 0.216 e. The van der Waals surface area contributed by atoms with Crippen LogP contribution in [0.2, 0.25) is 0 Å². The van der Waals surface area contributed by atoms with Crippen LogP contribution in [-0.2, 0) is 22.9 Å². The van der Waals surface area contributed by atoms with E-state index >= 15 is 0 Å². The summed E-state index contributed by atoms with van der Waals surface area (Å²) in [6.07, 6.45) is 1.50. The first-order valence-corrected chi connectivity index (χ1v) is 7.40. The van der Waals surface area contributed by atoms with Crippen molar-refractivity contribution in [1.29, 1.82) is 0 Å². The molecule has 17 heavy (non-hydrogen) atoms. The van der Waals surface area contributed by atoms with Gasteiger partial charge in [0.1, 0.15) is 0 Å². The van der Waals surface area contributed by atoms with Gasteiger partial charge in [-0.3, -0.25) is 0 Å². The molecule has 1 aromatic carbocycles. The molecule has 1 N–H and O–H groups in total. The van der Waals surface area contributed by atoms with E-state index in [1.165, 1.54) is 15.4 Å². The van der Waals surface area contributed by atoms with Crippen LogP contribution >= 0.6 is 0 Å². The maximum absolute atomic E-state index is 11.9. The van der Waals surface area contributed by atoms with Gasteiger partial charge in [0.15, 0.2) is 0 Å². The number of benzene rings is 1. The van der Waals surface area contributed by atoms with Gasteiger partial charge in [-0.25, -0.2) is 12.7 Å². The van der Waals surface area contributed by atoms with Gasteiger partial charge in [0, 0.05) is 13.1 Å². The molecule has 0 radical (unpaired) electrons. The fourth-order valence-corrected chi connectivity index (χ4v) is 3.40. The second-order valence-electron chi connectivity index (χ2n) is 4.21. The lowest BCUT2D eigenvalue weighted by atomic mass is 10.0. The maximum atomic E-state index is 11.9. The Morgan fingerprint density at radius 3 is 2.12 bits per heavy atom. The lowest BCUT2D eigenvalue weighted by Crippen LogP contribution is -2.35. The summed E-state index contributed by atoms with van der Waals surface area (Å²) in [4.78, 5) is 0. The Labute approximate surface area is 102 Å². The van der Waals surface area contributed by atoms with E-state index in [4.69, 9.17) is 5.11 Å². The van der Waals surface area contributed by atoms with Crippen LogP contribution in [0.4, 0.5) is 0 Å². The minimum absolute atomic E-state index is 0.177. The van der Waals surface area contributed by atoms with E-state index in [1.807, 2.05) is 12.1 Å². The van der Waals surface area contributed by atoms with Gasteiger partial charge in [0.2, 0.25) is 10.0 Å². The highest BCUT2D eigenvalue weighted by Crippen LogP contribution is 2.17. The minimum atomic E-state index is -3.29. The molecule has 0 bridgehead atoms. The molecule has 2 rings (SSSR count). The number of aliphatic hydroxyl groups excluding tert-OH is 1. The number of aliphatic hydroxyl groups is 1. The summed E-state index contributed by atoms with van der Waals surface area (Å²) in [5, 5.41) is 8.77. The third-order valence-corrected chi connectivity index (χ3v) is 4.97. The summed E-state index contributed by atoms with van der Waals surface area (Å²) in [7, 11) is -3.29. The summed E-state index contributed by atoms with van der Waals surface area (Å²) in [6, 6.07) is 8.07. The zero-order valence-electron chi connectivity index (χ0n) is 9.67. The molecular weight excluding hydrogens is 238 g/mol. The van der Waals surface area contributed by atoms with Crippen molar-refractivity contribution in [2.75, 3.05) is 25.4 Å². The van der Waals surface area contributed by atoms with Crippen molar-refractivity contribution in [3.8, 4) is 0 Å². The number of hydrogen-bond acceptors (Lipinski definition) is 3. The molecule has 0 atom stereocenters. The van der Waals surface area contributed by atoms with Crippen molar-refractivity contribution >= 4 is 10.0 Å². The summed E-state index contributed by atoms with van der Waals surface area (Å²) >= 11 is 0. The van der Waals surface area contributed by atoms with Gasteiger partial charge < -0.3 is 5.11 Å². The second-order valence-corrected chi connectivity index (χ2v) is 6.30. The third kappa shape index (κ3) is 2.86. The third-order valence-electron chi connectivity index (χ3n) is 3.12. The lowest BCUT2D eigenvalue weighted by molar-refractivity contribution is 0.314. The zero-order valence-corrected chi connectivity index (χ0v) is 10.5. The predicted molar refractivity (Wildman–Crippen MR) is 66.3 cm³/mol. The Kier molecular flexibility index (Phi) is 3.81. The number of hydrogen-bond donors (Lipinski definition) is 1. The molecule has 0 amide bonds. The summed E-state index contributed by atoms with van der Waals surface area (Å²) in [5.41, 5.74) is 2.46. The largest absolute Gasteiger partial charge is 0.395 e. The van der Waals surface area contributed by atoms with Crippen LogP contribution in [0.25, 0.3) is 0 Å². The van der Waals surface area contributed by atoms with Gasteiger partial charge in [-0.2, -0.15) is 0 Å². The van der Waals surface area contributed by atoms with Crippen LogP contribution in [0.5, 0.6) is 0 Å². The standard InChI is InChI=1S/C12H17NO3S/c14-9-10-17(15,16)13-7-5-11-3-1-2-4-12(11)6-8-13/h1-4,14H,5-10H2. The second kappa shape index (κ2) is 5.16. The normalized spacial score (nSPS) is 17.5. The molecule has 1 heterocycles. The van der Waals surface area contributed by atoms with Crippen molar-refractivity contribution in [2.24, 2.45) is 0 Å². The molecule has 0 unspecified atom stereocenters. The highest BCUT2D eigenvalue weighted by Gasteiger charge is 2.23. The lowest BCUT2D eigenvalue weighted by Gasteiger charge is -2.18. The quantitative estimate of drug-likeness (QED) is 0.851. The first-order valence-electron chi connectivity index (χ1n) is 5.79.